The SMILES string of the molecule is Cc1cccc2c3ccc4c5c3n(c12)-c1cccc2c1B5c1c(cccc1C4(C)C)C2(C)C. The summed E-state index contributed by atoms with van der Waals surface area (Å²) in [6, 6.07) is 25.7. The van der Waals surface area contributed by atoms with E-state index in [1.54, 1.807) is 10.9 Å². The third-order valence-corrected chi connectivity index (χ3v) is 9.18. The fourth-order valence-corrected chi connectivity index (χ4v) is 7.72. The molecule has 3 aliphatic rings. The van der Waals surface area contributed by atoms with Crippen LogP contribution in [-0.4, -0.2) is 11.3 Å². The summed E-state index contributed by atoms with van der Waals surface area (Å²) in [7, 11) is 0. The van der Waals surface area contributed by atoms with E-state index in [1.807, 2.05) is 0 Å². The number of benzene rings is 4. The van der Waals surface area contributed by atoms with Crippen molar-refractivity contribution in [1.29, 1.82) is 0 Å². The van der Waals surface area contributed by atoms with Crippen LogP contribution in [0.3, 0.4) is 0 Å². The normalized spacial score (nSPS) is 17.7. The Bertz CT molecular complexity index is 1720. The zero-order valence-corrected chi connectivity index (χ0v) is 19.9. The average molecular weight is 423 g/mol. The summed E-state index contributed by atoms with van der Waals surface area (Å²) in [6.45, 7) is 12.3. The van der Waals surface area contributed by atoms with E-state index in [0.717, 1.165) is 0 Å². The molecule has 4 heterocycles. The van der Waals surface area contributed by atoms with Gasteiger partial charge in [0.1, 0.15) is 0 Å². The molecule has 33 heavy (non-hydrogen) atoms. The van der Waals surface area contributed by atoms with Crippen molar-refractivity contribution < 1.29 is 0 Å². The first kappa shape index (κ1) is 18.2. The van der Waals surface area contributed by atoms with E-state index in [-0.39, 0.29) is 10.8 Å². The van der Waals surface area contributed by atoms with Gasteiger partial charge in [-0.3, -0.25) is 0 Å². The highest BCUT2D eigenvalue weighted by Gasteiger charge is 2.51. The molecule has 1 aromatic heterocycles. The Kier molecular flexibility index (Phi) is 2.91. The van der Waals surface area contributed by atoms with Crippen molar-refractivity contribution in [2.45, 2.75) is 45.4 Å². The van der Waals surface area contributed by atoms with Gasteiger partial charge in [-0.1, -0.05) is 93.8 Å². The number of aryl methyl sites for hydroxylation is 1. The number of hydrogen-bond donors (Lipinski definition) is 0. The van der Waals surface area contributed by atoms with Gasteiger partial charge in [0, 0.05) is 32.8 Å². The number of aromatic nitrogens is 1. The second-order valence-electron chi connectivity index (χ2n) is 11.4. The van der Waals surface area contributed by atoms with Crippen LogP contribution in [0.5, 0.6) is 0 Å². The molecule has 0 amide bonds. The van der Waals surface area contributed by atoms with Crippen LogP contribution in [0.15, 0.2) is 66.7 Å². The van der Waals surface area contributed by atoms with Crippen molar-refractivity contribution in [1.82, 2.24) is 4.57 Å². The number of fused-ring (bicyclic) bond motifs is 4. The van der Waals surface area contributed by atoms with Crippen molar-refractivity contribution in [3.63, 3.8) is 0 Å². The molecule has 0 spiro atoms. The summed E-state index contributed by atoms with van der Waals surface area (Å²) < 4.78 is 2.61. The standard InChI is InChI=1S/C31H26BN/c1-17-9-6-10-18-19-15-16-23-27-29(19)33(28(17)18)24-14-8-13-22-26(24)32(27)25-20(30(22,2)3)11-7-12-21(25)31(23,4)5/h6-16H,1-5H3. The predicted octanol–water partition coefficient (Wildman–Crippen LogP) is 5.20. The third kappa shape index (κ3) is 1.77. The molecule has 2 heteroatoms. The lowest BCUT2D eigenvalue weighted by Crippen LogP contribution is -2.68. The summed E-state index contributed by atoms with van der Waals surface area (Å²) in [6.07, 6.45) is 0. The molecule has 0 saturated heterocycles. The fraction of sp³-hybridized carbons (Fsp3) is 0.226. The number of rotatable bonds is 0. The molecule has 1 nitrogen and oxygen atoms in total. The lowest BCUT2D eigenvalue weighted by molar-refractivity contribution is 0.621. The molecule has 5 aromatic rings. The Morgan fingerprint density at radius 3 is 1.88 bits per heavy atom. The monoisotopic (exact) mass is 423 g/mol. The minimum atomic E-state index is -0.0262. The number of para-hydroxylation sites is 1. The Hall–Kier alpha value is -3.26. The molecule has 0 bridgehead atoms. The first-order chi connectivity index (χ1) is 15.8. The van der Waals surface area contributed by atoms with Gasteiger partial charge in [0.15, 0.2) is 0 Å². The molecule has 4 aromatic carbocycles. The molecule has 0 atom stereocenters. The Morgan fingerprint density at radius 2 is 1.15 bits per heavy atom. The van der Waals surface area contributed by atoms with Crippen LogP contribution in [0.1, 0.15) is 55.5 Å². The second kappa shape index (κ2) is 5.28. The molecule has 158 valence electrons. The van der Waals surface area contributed by atoms with E-state index in [9.17, 15) is 0 Å². The number of nitrogens with zero attached hydrogens (tertiary/aromatic N) is 1. The molecule has 3 aliphatic heterocycles. The molecule has 0 radical (unpaired) electrons. The summed E-state index contributed by atoms with van der Waals surface area (Å²) in [4.78, 5) is 0. The first-order valence-electron chi connectivity index (χ1n) is 12.2. The van der Waals surface area contributed by atoms with E-state index in [2.05, 4.69) is 106 Å². The predicted molar refractivity (Wildman–Crippen MR) is 141 cm³/mol. The summed E-state index contributed by atoms with van der Waals surface area (Å²) in [5.41, 5.74) is 16.1. The first-order valence-corrected chi connectivity index (χ1v) is 12.2. The highest BCUT2D eigenvalue weighted by molar-refractivity contribution is 7.00. The van der Waals surface area contributed by atoms with Crippen molar-refractivity contribution in [2.24, 2.45) is 0 Å². The molecule has 0 saturated carbocycles. The van der Waals surface area contributed by atoms with Gasteiger partial charge >= 0.3 is 0 Å². The molecular weight excluding hydrogens is 397 g/mol. The van der Waals surface area contributed by atoms with Crippen LogP contribution in [0.2, 0.25) is 0 Å². The minimum Gasteiger partial charge on any atom is -0.310 e. The van der Waals surface area contributed by atoms with E-state index >= 15 is 0 Å². The zero-order valence-electron chi connectivity index (χ0n) is 19.9. The maximum Gasteiger partial charge on any atom is 0.248 e. The molecule has 0 N–H and O–H groups in total. The summed E-state index contributed by atoms with van der Waals surface area (Å²) >= 11 is 0. The van der Waals surface area contributed by atoms with Gasteiger partial charge in [0.25, 0.3) is 0 Å². The van der Waals surface area contributed by atoms with Crippen LogP contribution in [0.4, 0.5) is 0 Å². The largest absolute Gasteiger partial charge is 0.310 e. The van der Waals surface area contributed by atoms with Crippen molar-refractivity contribution >= 4 is 44.9 Å². The summed E-state index contributed by atoms with van der Waals surface area (Å²) in [5, 5.41) is 2.77. The van der Waals surface area contributed by atoms with E-state index in [1.165, 1.54) is 60.8 Å². The van der Waals surface area contributed by atoms with Crippen molar-refractivity contribution in [2.75, 3.05) is 0 Å². The maximum atomic E-state index is 2.61. The molecular formula is C31H26BN. The van der Waals surface area contributed by atoms with Crippen LogP contribution in [0.25, 0.3) is 27.5 Å². The topological polar surface area (TPSA) is 4.93 Å². The van der Waals surface area contributed by atoms with E-state index in [0.29, 0.717) is 6.71 Å². The van der Waals surface area contributed by atoms with Crippen LogP contribution in [0, 0.1) is 6.92 Å². The van der Waals surface area contributed by atoms with Crippen molar-refractivity contribution in [3.8, 4) is 5.69 Å². The second-order valence-corrected chi connectivity index (χ2v) is 11.4. The maximum absolute atomic E-state index is 2.61. The van der Waals surface area contributed by atoms with Crippen LogP contribution >= 0.6 is 0 Å². The lowest BCUT2D eigenvalue weighted by Gasteiger charge is -2.48. The van der Waals surface area contributed by atoms with Crippen LogP contribution in [-0.2, 0) is 10.8 Å². The van der Waals surface area contributed by atoms with Crippen molar-refractivity contribution in [3.05, 3.63) is 94.5 Å². The van der Waals surface area contributed by atoms with E-state index in [4.69, 9.17) is 0 Å². The Balaban J connectivity index is 1.73. The van der Waals surface area contributed by atoms with Gasteiger partial charge in [-0.05, 0) is 51.7 Å². The highest BCUT2D eigenvalue weighted by Crippen LogP contribution is 2.45. The van der Waals surface area contributed by atoms with Gasteiger partial charge < -0.3 is 4.57 Å². The third-order valence-electron chi connectivity index (χ3n) is 9.18. The number of hydrogen-bond acceptors (Lipinski definition) is 0. The molecule has 0 unspecified atom stereocenters. The Labute approximate surface area is 195 Å². The Morgan fingerprint density at radius 1 is 0.576 bits per heavy atom. The van der Waals surface area contributed by atoms with Gasteiger partial charge in [0.2, 0.25) is 6.71 Å². The van der Waals surface area contributed by atoms with Gasteiger partial charge in [-0.15, -0.1) is 0 Å². The van der Waals surface area contributed by atoms with E-state index < -0.39 is 0 Å². The molecule has 0 fully saturated rings. The quantitative estimate of drug-likeness (QED) is 0.296. The average Bonchev–Trinajstić information content (AvgIpc) is 3.15. The minimum absolute atomic E-state index is 0.0236. The van der Waals surface area contributed by atoms with Crippen LogP contribution < -0.4 is 16.4 Å². The van der Waals surface area contributed by atoms with Gasteiger partial charge in [-0.2, -0.15) is 0 Å². The fourth-order valence-electron chi connectivity index (χ4n) is 7.72. The zero-order chi connectivity index (χ0) is 22.4. The van der Waals surface area contributed by atoms with Gasteiger partial charge in [0.05, 0.1) is 5.52 Å². The smallest absolute Gasteiger partial charge is 0.248 e. The lowest BCUT2D eigenvalue weighted by atomic mass is 9.26. The van der Waals surface area contributed by atoms with Gasteiger partial charge in [-0.25, -0.2) is 0 Å². The highest BCUT2D eigenvalue weighted by atomic mass is 15.0. The summed E-state index contributed by atoms with van der Waals surface area (Å²) in [5.74, 6) is 0. The molecule has 0 aliphatic carbocycles. The molecule has 8 rings (SSSR count).